The van der Waals surface area contributed by atoms with E-state index in [1.165, 1.54) is 11.0 Å². The first-order valence-corrected chi connectivity index (χ1v) is 13.8. The Bertz CT molecular complexity index is 1500. The van der Waals surface area contributed by atoms with E-state index in [0.29, 0.717) is 74.3 Å². The van der Waals surface area contributed by atoms with Crippen molar-refractivity contribution in [3.63, 3.8) is 0 Å². The van der Waals surface area contributed by atoms with Gasteiger partial charge in [0, 0.05) is 63.7 Å². The lowest BCUT2D eigenvalue weighted by molar-refractivity contribution is 0.0253. The van der Waals surface area contributed by atoms with Crippen LogP contribution >= 0.6 is 0 Å². The number of rotatable bonds is 8. The fourth-order valence-electron chi connectivity index (χ4n) is 5.69. The highest BCUT2D eigenvalue weighted by atomic mass is 16.6. The number of nitrogens with zero attached hydrogens (tertiary/aromatic N) is 3. The summed E-state index contributed by atoms with van der Waals surface area (Å²) in [6.07, 6.45) is 0.878. The number of nitrogens with two attached hydrogens (primary N) is 1. The molecular formula is C30H36N4O7. The van der Waals surface area contributed by atoms with Gasteiger partial charge in [0.15, 0.2) is 11.5 Å². The minimum absolute atomic E-state index is 0.0294. The van der Waals surface area contributed by atoms with Gasteiger partial charge in [-0.2, -0.15) is 0 Å². The first-order valence-electron chi connectivity index (χ1n) is 13.8. The fraction of sp³-hybridized carbons (Fsp3) is 0.433. The summed E-state index contributed by atoms with van der Waals surface area (Å²) in [6.45, 7) is 2.68. The molecule has 0 aliphatic carbocycles. The van der Waals surface area contributed by atoms with Crippen molar-refractivity contribution in [2.75, 3.05) is 47.5 Å². The molecule has 2 unspecified atom stereocenters. The lowest BCUT2D eigenvalue weighted by atomic mass is 9.93. The highest BCUT2D eigenvalue weighted by molar-refractivity contribution is 6.06. The van der Waals surface area contributed by atoms with Crippen LogP contribution in [-0.4, -0.2) is 86.0 Å². The number of hydrogen-bond acceptors (Lipinski definition) is 8. The van der Waals surface area contributed by atoms with E-state index in [-0.39, 0.29) is 23.6 Å². The maximum Gasteiger partial charge on any atom is 0.404 e. The zero-order valence-electron chi connectivity index (χ0n) is 23.6. The largest absolute Gasteiger partial charge is 0.497 e. The Labute approximate surface area is 238 Å². The molecule has 1 saturated heterocycles. The van der Waals surface area contributed by atoms with Crippen molar-refractivity contribution in [3.8, 4) is 17.2 Å². The Morgan fingerprint density at radius 1 is 1.05 bits per heavy atom. The Morgan fingerprint density at radius 2 is 1.83 bits per heavy atom. The number of pyridine rings is 1. The van der Waals surface area contributed by atoms with Crippen LogP contribution in [0.25, 0.3) is 10.9 Å². The van der Waals surface area contributed by atoms with Crippen molar-refractivity contribution in [1.29, 1.82) is 0 Å². The number of carbonyl (C=O) groups excluding carboxylic acids is 2. The fourth-order valence-corrected chi connectivity index (χ4v) is 5.69. The minimum Gasteiger partial charge on any atom is -0.497 e. The van der Waals surface area contributed by atoms with Crippen LogP contribution in [0, 0.1) is 0 Å². The van der Waals surface area contributed by atoms with E-state index in [2.05, 4.69) is 4.90 Å². The molecule has 2 N–H and O–H groups in total. The van der Waals surface area contributed by atoms with Crippen molar-refractivity contribution in [2.24, 2.45) is 5.73 Å². The van der Waals surface area contributed by atoms with E-state index in [1.54, 1.807) is 37.9 Å². The number of aromatic nitrogens is 1. The second kappa shape index (κ2) is 12.1. The van der Waals surface area contributed by atoms with Crippen molar-refractivity contribution < 1.29 is 28.5 Å². The van der Waals surface area contributed by atoms with Crippen molar-refractivity contribution >= 4 is 22.9 Å². The Kier molecular flexibility index (Phi) is 8.34. The molecule has 11 heteroatoms. The van der Waals surface area contributed by atoms with Gasteiger partial charge in [-0.3, -0.25) is 14.5 Å². The molecule has 1 fully saturated rings. The number of hydrogen-bond donors (Lipinski definition) is 1. The average Bonchev–Trinajstić information content (AvgIpc) is 2.96. The molecule has 2 amide bonds. The molecule has 0 saturated carbocycles. The van der Waals surface area contributed by atoms with Gasteiger partial charge in [0.1, 0.15) is 25.1 Å². The zero-order chi connectivity index (χ0) is 29.1. The number of fused-ring (bicyclic) bond motifs is 2. The smallest absolute Gasteiger partial charge is 0.404 e. The van der Waals surface area contributed by atoms with Gasteiger partial charge < -0.3 is 34.1 Å². The van der Waals surface area contributed by atoms with Crippen LogP contribution in [0.2, 0.25) is 0 Å². The monoisotopic (exact) mass is 564 g/mol. The lowest BCUT2D eigenvalue weighted by Gasteiger charge is -2.39. The van der Waals surface area contributed by atoms with E-state index >= 15 is 0 Å². The van der Waals surface area contributed by atoms with Crippen LogP contribution in [0.4, 0.5) is 4.79 Å². The SMILES string of the molecule is COc1ccc2c(C(=O)N(C)C)cc(=O)n(CCN3CCC(OC(N)=O)CC3Cc3ccc4c(c3)OCCO4)c2c1. The first kappa shape index (κ1) is 28.3. The third-order valence-corrected chi connectivity index (χ3v) is 7.72. The van der Waals surface area contributed by atoms with Crippen LogP contribution in [0.5, 0.6) is 17.2 Å². The molecule has 3 aromatic rings. The number of ether oxygens (including phenoxy) is 4. The van der Waals surface area contributed by atoms with Gasteiger partial charge in [-0.15, -0.1) is 0 Å². The summed E-state index contributed by atoms with van der Waals surface area (Å²) in [7, 11) is 4.90. The van der Waals surface area contributed by atoms with Crippen LogP contribution in [0.15, 0.2) is 47.3 Å². The zero-order valence-corrected chi connectivity index (χ0v) is 23.6. The van der Waals surface area contributed by atoms with Gasteiger partial charge in [-0.25, -0.2) is 4.79 Å². The molecule has 0 radical (unpaired) electrons. The first-order chi connectivity index (χ1) is 19.7. The van der Waals surface area contributed by atoms with Gasteiger partial charge >= 0.3 is 6.09 Å². The van der Waals surface area contributed by atoms with E-state index < -0.39 is 6.09 Å². The van der Waals surface area contributed by atoms with E-state index in [1.807, 2.05) is 24.3 Å². The number of benzene rings is 2. The highest BCUT2D eigenvalue weighted by Gasteiger charge is 2.31. The topological polar surface area (TPSA) is 126 Å². The minimum atomic E-state index is -0.777. The summed E-state index contributed by atoms with van der Waals surface area (Å²) in [6, 6.07) is 12.8. The second-order valence-corrected chi connectivity index (χ2v) is 10.6. The molecule has 2 aromatic carbocycles. The Hall–Kier alpha value is -4.25. The molecular weight excluding hydrogens is 528 g/mol. The third-order valence-electron chi connectivity index (χ3n) is 7.72. The highest BCUT2D eigenvalue weighted by Crippen LogP contribution is 2.32. The predicted octanol–water partition coefficient (Wildman–Crippen LogP) is 2.65. The molecule has 1 aromatic heterocycles. The molecule has 3 heterocycles. The van der Waals surface area contributed by atoms with Crippen LogP contribution in [-0.2, 0) is 17.7 Å². The molecule has 0 spiro atoms. The van der Waals surface area contributed by atoms with Crippen LogP contribution < -0.4 is 25.5 Å². The van der Waals surface area contributed by atoms with Crippen molar-refractivity contribution in [3.05, 3.63) is 63.9 Å². The van der Waals surface area contributed by atoms with Gasteiger partial charge in [0.25, 0.3) is 11.5 Å². The standard InChI is InChI=1S/C30H36N4O7/c1-32(2)29(36)24-18-28(35)34(25-17-21(38-3)5-6-23(24)25)11-10-33-9-8-22(41-30(31)37)16-20(33)14-19-4-7-26-27(15-19)40-13-12-39-26/h4-7,15,17-18,20,22H,8-14,16H2,1-3H3,(H2,31,37). The maximum atomic E-state index is 13.4. The summed E-state index contributed by atoms with van der Waals surface area (Å²) < 4.78 is 23.9. The van der Waals surface area contributed by atoms with Gasteiger partial charge in [0.2, 0.25) is 0 Å². The van der Waals surface area contributed by atoms with E-state index in [0.717, 1.165) is 17.1 Å². The van der Waals surface area contributed by atoms with Crippen LogP contribution in [0.1, 0.15) is 28.8 Å². The summed E-state index contributed by atoms with van der Waals surface area (Å²) in [4.78, 5) is 41.5. The number of carbonyl (C=O) groups is 2. The Morgan fingerprint density at radius 3 is 2.56 bits per heavy atom. The van der Waals surface area contributed by atoms with Gasteiger partial charge in [-0.1, -0.05) is 6.07 Å². The van der Waals surface area contributed by atoms with E-state index in [4.69, 9.17) is 24.7 Å². The number of amides is 2. The van der Waals surface area contributed by atoms with Crippen molar-refractivity contribution in [1.82, 2.24) is 14.4 Å². The maximum absolute atomic E-state index is 13.4. The average molecular weight is 565 g/mol. The molecule has 2 aliphatic heterocycles. The van der Waals surface area contributed by atoms with E-state index in [9.17, 15) is 14.4 Å². The Balaban J connectivity index is 1.42. The number of piperidine rings is 1. The molecule has 2 atom stereocenters. The molecule has 0 bridgehead atoms. The number of primary amides is 1. The quantitative estimate of drug-likeness (QED) is 0.443. The molecule has 218 valence electrons. The number of methoxy groups -OCH3 is 1. The summed E-state index contributed by atoms with van der Waals surface area (Å²) in [5.41, 5.74) is 7.14. The van der Waals surface area contributed by atoms with Crippen LogP contribution in [0.3, 0.4) is 0 Å². The van der Waals surface area contributed by atoms with Crippen molar-refractivity contribution in [2.45, 2.75) is 38.0 Å². The summed E-state index contributed by atoms with van der Waals surface area (Å²) >= 11 is 0. The lowest BCUT2D eigenvalue weighted by Crippen LogP contribution is -2.48. The van der Waals surface area contributed by atoms with Gasteiger partial charge in [0.05, 0.1) is 18.2 Å². The number of likely N-dealkylation sites (tertiary alicyclic amines) is 1. The van der Waals surface area contributed by atoms with Gasteiger partial charge in [-0.05, 0) is 42.7 Å². The third kappa shape index (κ3) is 6.25. The summed E-state index contributed by atoms with van der Waals surface area (Å²) in [5.74, 6) is 1.81. The summed E-state index contributed by atoms with van der Waals surface area (Å²) in [5, 5.41) is 0.686. The molecule has 41 heavy (non-hydrogen) atoms. The predicted molar refractivity (Wildman–Crippen MR) is 153 cm³/mol. The second-order valence-electron chi connectivity index (χ2n) is 10.6. The molecule has 5 rings (SSSR count). The molecule has 11 nitrogen and oxygen atoms in total. The molecule has 2 aliphatic rings. The normalized spacial score (nSPS) is 18.6.